The molecule has 7 nitrogen and oxygen atoms in total. The van der Waals surface area contributed by atoms with E-state index < -0.39 is 0 Å². The lowest BCUT2D eigenvalue weighted by Gasteiger charge is -2.09. The molecule has 1 aliphatic heterocycles. The summed E-state index contributed by atoms with van der Waals surface area (Å²) in [5.41, 5.74) is 0.780. The molecule has 2 aliphatic rings. The first-order valence-electron chi connectivity index (χ1n) is 9.32. The Kier molecular flexibility index (Phi) is 6.68. The van der Waals surface area contributed by atoms with Gasteiger partial charge in [0.15, 0.2) is 6.61 Å². The van der Waals surface area contributed by atoms with Gasteiger partial charge in [0.25, 0.3) is 0 Å². The van der Waals surface area contributed by atoms with E-state index in [1.807, 2.05) is 24.3 Å². The number of hydrogen-bond acceptors (Lipinski definition) is 6. The number of hydrogen-bond donors (Lipinski definition) is 2. The topological polar surface area (TPSA) is 89.3 Å². The van der Waals surface area contributed by atoms with Crippen molar-refractivity contribution < 1.29 is 14.1 Å². The van der Waals surface area contributed by atoms with Crippen molar-refractivity contribution in [1.82, 2.24) is 15.5 Å². The zero-order valence-electron chi connectivity index (χ0n) is 15.1. The van der Waals surface area contributed by atoms with Gasteiger partial charge in [0.1, 0.15) is 5.75 Å². The van der Waals surface area contributed by atoms with Gasteiger partial charge in [-0.25, -0.2) is 0 Å². The molecule has 8 heteroatoms. The van der Waals surface area contributed by atoms with Crippen molar-refractivity contribution in [3.63, 3.8) is 0 Å². The van der Waals surface area contributed by atoms with E-state index in [1.165, 1.54) is 6.42 Å². The molecule has 1 saturated heterocycles. The average Bonchev–Trinajstić information content (AvgIpc) is 3.18. The van der Waals surface area contributed by atoms with Crippen LogP contribution in [0.3, 0.4) is 0 Å². The molecule has 2 N–H and O–H groups in total. The third-order valence-electron chi connectivity index (χ3n) is 4.86. The largest absolute Gasteiger partial charge is 0.485 e. The third-order valence-corrected chi connectivity index (χ3v) is 4.86. The zero-order valence-corrected chi connectivity index (χ0v) is 16.0. The van der Waals surface area contributed by atoms with Crippen LogP contribution in [0.4, 0.5) is 5.69 Å². The summed E-state index contributed by atoms with van der Waals surface area (Å²) in [5, 5.41) is 10.2. The first-order valence-corrected chi connectivity index (χ1v) is 9.32. The molecule has 4 rings (SSSR count). The molecule has 2 aromatic rings. The fourth-order valence-corrected chi connectivity index (χ4v) is 3.12. The number of halogens is 1. The van der Waals surface area contributed by atoms with Gasteiger partial charge in [-0.2, -0.15) is 4.98 Å². The van der Waals surface area contributed by atoms with Crippen LogP contribution in [0.2, 0.25) is 0 Å². The van der Waals surface area contributed by atoms with E-state index in [9.17, 15) is 4.79 Å². The van der Waals surface area contributed by atoms with Crippen molar-refractivity contribution in [1.29, 1.82) is 0 Å². The predicted octanol–water partition coefficient (Wildman–Crippen LogP) is 3.28. The summed E-state index contributed by atoms with van der Waals surface area (Å²) in [6.07, 6.45) is 4.93. The van der Waals surface area contributed by atoms with E-state index in [0.29, 0.717) is 29.8 Å². The number of nitrogens with one attached hydrogen (secondary N) is 2. The number of nitrogens with zero attached hydrogens (tertiary/aromatic N) is 2. The molecular formula is C19H25ClN4O3. The quantitative estimate of drug-likeness (QED) is 0.716. The number of benzene rings is 1. The van der Waals surface area contributed by atoms with Crippen LogP contribution >= 0.6 is 12.4 Å². The van der Waals surface area contributed by atoms with Crippen molar-refractivity contribution in [3.05, 3.63) is 36.0 Å². The van der Waals surface area contributed by atoms with Crippen LogP contribution in [0.1, 0.15) is 49.7 Å². The van der Waals surface area contributed by atoms with Gasteiger partial charge in [-0.05, 0) is 69.0 Å². The van der Waals surface area contributed by atoms with E-state index in [-0.39, 0.29) is 24.9 Å². The molecule has 0 spiro atoms. The number of ether oxygens (including phenoxy) is 1. The number of carbonyl (C=O) groups excluding carboxylic acids is 1. The summed E-state index contributed by atoms with van der Waals surface area (Å²) in [6, 6.07) is 7.35. The maximum atomic E-state index is 12.0. The molecule has 1 atom stereocenters. The predicted molar refractivity (Wildman–Crippen MR) is 103 cm³/mol. The average molecular weight is 393 g/mol. The fraction of sp³-hybridized carbons (Fsp3) is 0.526. The van der Waals surface area contributed by atoms with E-state index >= 15 is 0 Å². The minimum Gasteiger partial charge on any atom is -0.485 e. The SMILES string of the molecule is Cl.O=C(CCC1CCNC1)Nc1ccc(OCc2noc(C3CC3)n2)cc1. The Morgan fingerprint density at radius 3 is 2.78 bits per heavy atom. The molecule has 1 aromatic carbocycles. The molecular weight excluding hydrogens is 368 g/mol. The Hall–Kier alpha value is -2.12. The van der Waals surface area contributed by atoms with Crippen molar-refractivity contribution in [2.45, 2.75) is 44.6 Å². The number of amides is 1. The van der Waals surface area contributed by atoms with Crippen molar-refractivity contribution in [2.24, 2.45) is 5.92 Å². The molecule has 0 bridgehead atoms. The van der Waals surface area contributed by atoms with Crippen LogP contribution in [-0.4, -0.2) is 29.1 Å². The normalized spacial score (nSPS) is 18.7. The maximum Gasteiger partial charge on any atom is 0.229 e. The molecule has 27 heavy (non-hydrogen) atoms. The van der Waals surface area contributed by atoms with E-state index in [2.05, 4.69) is 20.8 Å². The Morgan fingerprint density at radius 1 is 1.26 bits per heavy atom. The number of carbonyl (C=O) groups is 1. The maximum absolute atomic E-state index is 12.0. The zero-order chi connectivity index (χ0) is 17.8. The highest BCUT2D eigenvalue weighted by atomic mass is 35.5. The molecule has 2 heterocycles. The minimum atomic E-state index is 0. The monoisotopic (exact) mass is 392 g/mol. The first-order chi connectivity index (χ1) is 12.8. The fourth-order valence-electron chi connectivity index (χ4n) is 3.12. The van der Waals surface area contributed by atoms with Gasteiger partial charge in [-0.1, -0.05) is 5.16 Å². The molecule has 1 unspecified atom stereocenters. The Labute approximate surface area is 164 Å². The summed E-state index contributed by atoms with van der Waals surface area (Å²) in [7, 11) is 0. The molecule has 1 amide bonds. The number of anilines is 1. The second-order valence-electron chi connectivity index (χ2n) is 7.08. The Morgan fingerprint density at radius 2 is 2.07 bits per heavy atom. The molecule has 1 aromatic heterocycles. The number of aromatic nitrogens is 2. The lowest BCUT2D eigenvalue weighted by Crippen LogP contribution is -2.14. The lowest BCUT2D eigenvalue weighted by molar-refractivity contribution is -0.116. The minimum absolute atomic E-state index is 0. The van der Waals surface area contributed by atoms with Crippen molar-refractivity contribution in [2.75, 3.05) is 18.4 Å². The standard InChI is InChI=1S/C19H24N4O3.ClH/c24-18(8-1-13-9-10-20-11-13)21-15-4-6-16(7-5-15)25-12-17-22-19(26-23-17)14-2-3-14;/h4-7,13-14,20H,1-3,8-12H2,(H,21,24);1H. The highest BCUT2D eigenvalue weighted by Gasteiger charge is 2.29. The van der Waals surface area contributed by atoms with Crippen LogP contribution in [0.5, 0.6) is 5.75 Å². The summed E-state index contributed by atoms with van der Waals surface area (Å²) in [4.78, 5) is 16.4. The van der Waals surface area contributed by atoms with Gasteiger partial charge >= 0.3 is 0 Å². The lowest BCUT2D eigenvalue weighted by atomic mass is 10.0. The summed E-state index contributed by atoms with van der Waals surface area (Å²) >= 11 is 0. The van der Waals surface area contributed by atoms with E-state index in [0.717, 1.165) is 43.9 Å². The Balaban J connectivity index is 0.00000210. The highest BCUT2D eigenvalue weighted by molar-refractivity contribution is 5.90. The highest BCUT2D eigenvalue weighted by Crippen LogP contribution is 2.38. The molecule has 2 fully saturated rings. The van der Waals surface area contributed by atoms with Crippen LogP contribution in [0, 0.1) is 5.92 Å². The van der Waals surface area contributed by atoms with Gasteiger partial charge in [0.2, 0.25) is 17.6 Å². The summed E-state index contributed by atoms with van der Waals surface area (Å²) < 4.78 is 10.9. The van der Waals surface area contributed by atoms with Gasteiger partial charge < -0.3 is 19.9 Å². The first kappa shape index (κ1) is 19.6. The molecule has 0 radical (unpaired) electrons. The van der Waals surface area contributed by atoms with E-state index in [4.69, 9.17) is 9.26 Å². The second kappa shape index (κ2) is 9.19. The van der Waals surface area contributed by atoms with Gasteiger partial charge in [0, 0.05) is 18.0 Å². The Bertz CT molecular complexity index is 740. The summed E-state index contributed by atoms with van der Waals surface area (Å²) in [6.45, 7) is 2.37. The summed E-state index contributed by atoms with van der Waals surface area (Å²) in [5.74, 6) is 3.12. The van der Waals surface area contributed by atoms with Gasteiger partial charge in [0.05, 0.1) is 0 Å². The smallest absolute Gasteiger partial charge is 0.229 e. The molecule has 1 saturated carbocycles. The number of rotatable bonds is 8. The van der Waals surface area contributed by atoms with Gasteiger partial charge in [-0.3, -0.25) is 4.79 Å². The van der Waals surface area contributed by atoms with Crippen LogP contribution in [0.15, 0.2) is 28.8 Å². The van der Waals surface area contributed by atoms with Crippen molar-refractivity contribution >= 4 is 24.0 Å². The molecule has 1 aliphatic carbocycles. The molecule has 146 valence electrons. The third kappa shape index (κ3) is 5.68. The van der Waals surface area contributed by atoms with Gasteiger partial charge in [-0.15, -0.1) is 12.4 Å². The van der Waals surface area contributed by atoms with Crippen LogP contribution in [0.25, 0.3) is 0 Å². The van der Waals surface area contributed by atoms with Crippen molar-refractivity contribution in [3.8, 4) is 5.75 Å². The van der Waals surface area contributed by atoms with E-state index in [1.54, 1.807) is 0 Å². The second-order valence-corrected chi connectivity index (χ2v) is 7.08. The van der Waals surface area contributed by atoms with Crippen LogP contribution < -0.4 is 15.4 Å². The van der Waals surface area contributed by atoms with Crippen LogP contribution in [-0.2, 0) is 11.4 Å².